The fraction of sp³-hybridized carbons (Fsp3) is 0.556. The molecule has 1 heterocycles. The molecule has 0 aliphatic rings. The lowest BCUT2D eigenvalue weighted by Crippen LogP contribution is -2.11. The van der Waals surface area contributed by atoms with Crippen LogP contribution in [0.5, 0.6) is 0 Å². The topological polar surface area (TPSA) is 30.9 Å². The summed E-state index contributed by atoms with van der Waals surface area (Å²) in [4.78, 5) is 0. The molecule has 2 N–H and O–H groups in total. The molecule has 2 heteroatoms. The van der Waals surface area contributed by atoms with Crippen LogP contribution in [0, 0.1) is 0 Å². The van der Waals surface area contributed by atoms with Crippen LogP contribution in [-0.2, 0) is 6.54 Å². The van der Waals surface area contributed by atoms with Crippen LogP contribution >= 0.6 is 0 Å². The number of nitrogens with zero attached hydrogens (tertiary/aromatic N) is 1. The van der Waals surface area contributed by atoms with Gasteiger partial charge in [0.25, 0.3) is 0 Å². The normalized spacial score (nSPS) is 10.9. The van der Waals surface area contributed by atoms with Gasteiger partial charge in [0.15, 0.2) is 0 Å². The van der Waals surface area contributed by atoms with Gasteiger partial charge in [0.1, 0.15) is 0 Å². The van der Waals surface area contributed by atoms with Crippen LogP contribution in [-0.4, -0.2) is 11.1 Å². The lowest BCUT2D eigenvalue weighted by Gasteiger charge is -2.09. The van der Waals surface area contributed by atoms with Crippen LogP contribution in [0.1, 0.15) is 25.5 Å². The van der Waals surface area contributed by atoms with Gasteiger partial charge in [-0.05, 0) is 18.1 Å². The number of rotatable bonds is 3. The molecule has 0 radical (unpaired) electrons. The van der Waals surface area contributed by atoms with Crippen molar-refractivity contribution < 1.29 is 0 Å². The standard InChI is InChI=1S/C9H16N2/c1-8(2)9-4-3-6-11(9)7-5-10/h3-4,6,8H,5,7,10H2,1-2H3. The van der Waals surface area contributed by atoms with Crippen molar-refractivity contribution in [1.29, 1.82) is 0 Å². The predicted molar refractivity (Wildman–Crippen MR) is 47.6 cm³/mol. The minimum absolute atomic E-state index is 0.594. The van der Waals surface area contributed by atoms with Crippen molar-refractivity contribution in [3.05, 3.63) is 24.0 Å². The Balaban J connectivity index is 2.78. The predicted octanol–water partition coefficient (Wildman–Crippen LogP) is 1.57. The van der Waals surface area contributed by atoms with Crippen LogP contribution in [0.2, 0.25) is 0 Å². The van der Waals surface area contributed by atoms with E-state index in [1.54, 1.807) is 0 Å². The molecule has 0 saturated carbocycles. The molecule has 0 unspecified atom stereocenters. The molecule has 62 valence electrons. The first-order valence-corrected chi connectivity index (χ1v) is 4.10. The van der Waals surface area contributed by atoms with Crippen molar-refractivity contribution >= 4 is 0 Å². The fourth-order valence-corrected chi connectivity index (χ4v) is 1.29. The van der Waals surface area contributed by atoms with E-state index in [2.05, 4.69) is 36.7 Å². The molecule has 1 aromatic heterocycles. The summed E-state index contributed by atoms with van der Waals surface area (Å²) in [5.74, 6) is 0.594. The average Bonchev–Trinajstić information content (AvgIpc) is 2.36. The van der Waals surface area contributed by atoms with Crippen molar-refractivity contribution in [2.75, 3.05) is 6.54 Å². The quantitative estimate of drug-likeness (QED) is 0.700. The molecular weight excluding hydrogens is 136 g/mol. The zero-order valence-electron chi connectivity index (χ0n) is 7.25. The third-order valence-electron chi connectivity index (χ3n) is 1.83. The van der Waals surface area contributed by atoms with Gasteiger partial charge in [-0.1, -0.05) is 13.8 Å². The highest BCUT2D eigenvalue weighted by molar-refractivity contribution is 5.10. The second-order valence-electron chi connectivity index (χ2n) is 3.07. The molecule has 0 aliphatic carbocycles. The molecule has 1 aromatic rings. The van der Waals surface area contributed by atoms with Gasteiger partial charge in [-0.3, -0.25) is 0 Å². The molecule has 2 nitrogen and oxygen atoms in total. The molecule has 0 saturated heterocycles. The second-order valence-corrected chi connectivity index (χ2v) is 3.07. The maximum absolute atomic E-state index is 5.47. The Bertz CT molecular complexity index is 213. The molecule has 0 aliphatic heterocycles. The van der Waals surface area contributed by atoms with E-state index in [4.69, 9.17) is 5.73 Å². The Kier molecular flexibility index (Phi) is 2.71. The van der Waals surface area contributed by atoms with Crippen molar-refractivity contribution in [3.63, 3.8) is 0 Å². The first-order valence-electron chi connectivity index (χ1n) is 4.10. The minimum Gasteiger partial charge on any atom is -0.350 e. The Morgan fingerprint density at radius 3 is 2.82 bits per heavy atom. The summed E-state index contributed by atoms with van der Waals surface area (Å²) in [6.45, 7) is 6.04. The van der Waals surface area contributed by atoms with Crippen LogP contribution < -0.4 is 5.73 Å². The van der Waals surface area contributed by atoms with E-state index in [1.165, 1.54) is 5.69 Å². The van der Waals surface area contributed by atoms with Gasteiger partial charge >= 0.3 is 0 Å². The molecule has 0 amide bonds. The number of hydrogen-bond donors (Lipinski definition) is 1. The zero-order chi connectivity index (χ0) is 8.27. The molecule has 11 heavy (non-hydrogen) atoms. The molecule has 1 rings (SSSR count). The zero-order valence-corrected chi connectivity index (χ0v) is 7.25. The lowest BCUT2D eigenvalue weighted by molar-refractivity contribution is 0.644. The Morgan fingerprint density at radius 2 is 2.27 bits per heavy atom. The van der Waals surface area contributed by atoms with E-state index in [-0.39, 0.29) is 0 Å². The molecule has 0 aromatic carbocycles. The molecule has 0 spiro atoms. The third-order valence-corrected chi connectivity index (χ3v) is 1.83. The molecule has 0 fully saturated rings. The number of hydrogen-bond acceptors (Lipinski definition) is 1. The Labute approximate surface area is 68.0 Å². The second kappa shape index (κ2) is 3.58. The summed E-state index contributed by atoms with van der Waals surface area (Å²) in [5, 5.41) is 0. The number of nitrogens with two attached hydrogens (primary N) is 1. The van der Waals surface area contributed by atoms with Crippen molar-refractivity contribution in [1.82, 2.24) is 4.57 Å². The first-order chi connectivity index (χ1) is 5.25. The van der Waals surface area contributed by atoms with Crippen molar-refractivity contribution in [2.24, 2.45) is 5.73 Å². The van der Waals surface area contributed by atoms with Gasteiger partial charge in [0.2, 0.25) is 0 Å². The van der Waals surface area contributed by atoms with Gasteiger partial charge in [-0.15, -0.1) is 0 Å². The summed E-state index contributed by atoms with van der Waals surface area (Å²) < 4.78 is 2.21. The molecule has 0 bridgehead atoms. The fourth-order valence-electron chi connectivity index (χ4n) is 1.29. The monoisotopic (exact) mass is 152 g/mol. The van der Waals surface area contributed by atoms with Crippen LogP contribution in [0.15, 0.2) is 18.3 Å². The maximum atomic E-state index is 5.47. The van der Waals surface area contributed by atoms with Gasteiger partial charge in [-0.25, -0.2) is 0 Å². The van der Waals surface area contributed by atoms with Gasteiger partial charge in [0, 0.05) is 25.0 Å². The van der Waals surface area contributed by atoms with E-state index in [1.807, 2.05) is 0 Å². The van der Waals surface area contributed by atoms with E-state index >= 15 is 0 Å². The average molecular weight is 152 g/mol. The SMILES string of the molecule is CC(C)c1cccn1CCN. The first kappa shape index (κ1) is 8.34. The highest BCUT2D eigenvalue weighted by Gasteiger charge is 2.02. The molecular formula is C9H16N2. The summed E-state index contributed by atoms with van der Waals surface area (Å²) in [6, 6.07) is 4.23. The van der Waals surface area contributed by atoms with Gasteiger partial charge < -0.3 is 10.3 Å². The van der Waals surface area contributed by atoms with Crippen LogP contribution in [0.4, 0.5) is 0 Å². The summed E-state index contributed by atoms with van der Waals surface area (Å²) in [5.41, 5.74) is 6.84. The van der Waals surface area contributed by atoms with Gasteiger partial charge in [0.05, 0.1) is 0 Å². The number of aromatic nitrogens is 1. The minimum atomic E-state index is 0.594. The van der Waals surface area contributed by atoms with E-state index in [0.29, 0.717) is 12.5 Å². The Hall–Kier alpha value is -0.760. The highest BCUT2D eigenvalue weighted by atomic mass is 15.0. The van der Waals surface area contributed by atoms with Crippen LogP contribution in [0.25, 0.3) is 0 Å². The van der Waals surface area contributed by atoms with E-state index in [0.717, 1.165) is 6.54 Å². The molecule has 0 atom stereocenters. The maximum Gasteiger partial charge on any atom is 0.0345 e. The summed E-state index contributed by atoms with van der Waals surface area (Å²) >= 11 is 0. The summed E-state index contributed by atoms with van der Waals surface area (Å²) in [7, 11) is 0. The van der Waals surface area contributed by atoms with Gasteiger partial charge in [-0.2, -0.15) is 0 Å². The van der Waals surface area contributed by atoms with Crippen molar-refractivity contribution in [2.45, 2.75) is 26.3 Å². The smallest absolute Gasteiger partial charge is 0.0345 e. The largest absolute Gasteiger partial charge is 0.350 e. The van der Waals surface area contributed by atoms with Crippen LogP contribution in [0.3, 0.4) is 0 Å². The van der Waals surface area contributed by atoms with E-state index < -0.39 is 0 Å². The third kappa shape index (κ3) is 1.84. The van der Waals surface area contributed by atoms with Crippen molar-refractivity contribution in [3.8, 4) is 0 Å². The lowest BCUT2D eigenvalue weighted by atomic mass is 10.1. The Morgan fingerprint density at radius 1 is 1.55 bits per heavy atom. The summed E-state index contributed by atoms with van der Waals surface area (Å²) in [6.07, 6.45) is 2.09. The van der Waals surface area contributed by atoms with E-state index in [9.17, 15) is 0 Å². The highest BCUT2D eigenvalue weighted by Crippen LogP contribution is 2.14.